The molecule has 0 saturated carbocycles. The Morgan fingerprint density at radius 2 is 1.83 bits per heavy atom. The Bertz CT molecular complexity index is 669. The van der Waals surface area contributed by atoms with Crippen molar-refractivity contribution in [3.63, 3.8) is 0 Å². The van der Waals surface area contributed by atoms with Crippen molar-refractivity contribution in [1.29, 1.82) is 0 Å². The van der Waals surface area contributed by atoms with E-state index < -0.39 is 6.04 Å². The Balaban J connectivity index is 1.85. The first-order valence-electron chi connectivity index (χ1n) is 7.07. The summed E-state index contributed by atoms with van der Waals surface area (Å²) in [5.41, 5.74) is 3.94. The summed E-state index contributed by atoms with van der Waals surface area (Å²) in [5, 5.41) is 6.91. The maximum atomic E-state index is 12.8. The molecule has 0 aliphatic rings. The third kappa shape index (κ3) is 5.10. The molecule has 0 spiro atoms. The molecule has 0 heterocycles. The lowest BCUT2D eigenvalue weighted by Gasteiger charge is -2.13. The molecular formula is C17H18FN3O2. The molecule has 6 heteroatoms. The lowest BCUT2D eigenvalue weighted by Crippen LogP contribution is -2.34. The van der Waals surface area contributed by atoms with E-state index in [1.54, 1.807) is 38.3 Å². The van der Waals surface area contributed by atoms with Crippen molar-refractivity contribution in [3.8, 4) is 5.75 Å². The van der Waals surface area contributed by atoms with Gasteiger partial charge in [0.1, 0.15) is 17.6 Å². The number of hydrogen-bond donors (Lipinski definition) is 2. The molecule has 1 unspecified atom stereocenters. The Kier molecular flexibility index (Phi) is 5.68. The first kappa shape index (κ1) is 16.5. The number of carbonyl (C=O) groups excluding carboxylic acids is 1. The molecule has 0 bridgehead atoms. The van der Waals surface area contributed by atoms with Crippen LogP contribution in [-0.4, -0.2) is 25.3 Å². The fourth-order valence-electron chi connectivity index (χ4n) is 1.82. The van der Waals surface area contributed by atoms with Crippen molar-refractivity contribution in [1.82, 2.24) is 5.43 Å². The van der Waals surface area contributed by atoms with Gasteiger partial charge >= 0.3 is 0 Å². The molecule has 5 nitrogen and oxygen atoms in total. The van der Waals surface area contributed by atoms with Crippen LogP contribution in [0, 0.1) is 5.82 Å². The quantitative estimate of drug-likeness (QED) is 0.636. The van der Waals surface area contributed by atoms with E-state index >= 15 is 0 Å². The monoisotopic (exact) mass is 315 g/mol. The zero-order chi connectivity index (χ0) is 16.7. The number of carbonyl (C=O) groups is 1. The number of hydrogen-bond acceptors (Lipinski definition) is 4. The van der Waals surface area contributed by atoms with Crippen LogP contribution in [0.5, 0.6) is 5.75 Å². The van der Waals surface area contributed by atoms with Crippen molar-refractivity contribution < 1.29 is 13.9 Å². The van der Waals surface area contributed by atoms with E-state index in [-0.39, 0.29) is 11.7 Å². The van der Waals surface area contributed by atoms with Gasteiger partial charge in [-0.2, -0.15) is 5.10 Å². The van der Waals surface area contributed by atoms with E-state index in [0.717, 1.165) is 11.4 Å². The van der Waals surface area contributed by atoms with E-state index in [0.29, 0.717) is 5.56 Å². The minimum atomic E-state index is -0.464. The summed E-state index contributed by atoms with van der Waals surface area (Å²) in [5.74, 6) is 0.152. The van der Waals surface area contributed by atoms with Crippen LogP contribution in [0.3, 0.4) is 0 Å². The number of nitrogens with zero attached hydrogens (tertiary/aromatic N) is 1. The van der Waals surface area contributed by atoms with Gasteiger partial charge in [-0.25, -0.2) is 9.82 Å². The smallest absolute Gasteiger partial charge is 0.262 e. The Hall–Kier alpha value is -2.89. The zero-order valence-electron chi connectivity index (χ0n) is 12.9. The Labute approximate surface area is 134 Å². The second-order valence-corrected chi connectivity index (χ2v) is 4.88. The number of rotatable bonds is 6. The molecule has 0 aliphatic carbocycles. The largest absolute Gasteiger partial charge is 0.497 e. The molecule has 2 aromatic rings. The Morgan fingerprint density at radius 3 is 2.43 bits per heavy atom. The number of halogens is 1. The molecule has 2 aromatic carbocycles. The highest BCUT2D eigenvalue weighted by atomic mass is 19.1. The van der Waals surface area contributed by atoms with Gasteiger partial charge in [0.2, 0.25) is 0 Å². The van der Waals surface area contributed by atoms with Crippen LogP contribution in [0.2, 0.25) is 0 Å². The van der Waals surface area contributed by atoms with E-state index in [1.807, 2.05) is 12.1 Å². The predicted molar refractivity (Wildman–Crippen MR) is 88.2 cm³/mol. The fraction of sp³-hybridized carbons (Fsp3) is 0.176. The summed E-state index contributed by atoms with van der Waals surface area (Å²) >= 11 is 0. The van der Waals surface area contributed by atoms with Crippen LogP contribution in [0.15, 0.2) is 53.6 Å². The van der Waals surface area contributed by atoms with Crippen LogP contribution in [0.4, 0.5) is 10.1 Å². The second kappa shape index (κ2) is 7.93. The molecular weight excluding hydrogens is 297 g/mol. The van der Waals surface area contributed by atoms with Gasteiger partial charge in [0, 0.05) is 5.69 Å². The van der Waals surface area contributed by atoms with Crippen molar-refractivity contribution in [2.45, 2.75) is 13.0 Å². The van der Waals surface area contributed by atoms with Crippen molar-refractivity contribution in [2.75, 3.05) is 12.4 Å². The summed E-state index contributed by atoms with van der Waals surface area (Å²) in [6.07, 6.45) is 1.46. The first-order valence-corrected chi connectivity index (χ1v) is 7.07. The summed E-state index contributed by atoms with van der Waals surface area (Å²) in [7, 11) is 1.59. The topological polar surface area (TPSA) is 62.7 Å². The number of amides is 1. The number of nitrogens with one attached hydrogen (secondary N) is 2. The standard InChI is InChI=1S/C17H18FN3O2/c1-12(20-15-7-9-16(23-2)10-8-15)17(22)21-19-11-13-3-5-14(18)6-4-13/h3-12,20H,1-2H3,(H,21,22)/b19-11+. The molecule has 0 fully saturated rings. The highest BCUT2D eigenvalue weighted by Gasteiger charge is 2.11. The van der Waals surface area contributed by atoms with Gasteiger partial charge in [0.25, 0.3) is 5.91 Å². The molecule has 0 saturated heterocycles. The van der Waals surface area contributed by atoms with Gasteiger partial charge in [-0.05, 0) is 48.9 Å². The van der Waals surface area contributed by atoms with Gasteiger partial charge in [-0.15, -0.1) is 0 Å². The highest BCUT2D eigenvalue weighted by Crippen LogP contribution is 2.15. The fourth-order valence-corrected chi connectivity index (χ4v) is 1.82. The molecule has 2 N–H and O–H groups in total. The lowest BCUT2D eigenvalue weighted by atomic mass is 10.2. The average molecular weight is 315 g/mol. The Morgan fingerprint density at radius 1 is 1.17 bits per heavy atom. The summed E-state index contributed by atoms with van der Waals surface area (Å²) < 4.78 is 17.8. The minimum Gasteiger partial charge on any atom is -0.497 e. The normalized spacial score (nSPS) is 12.0. The van der Waals surface area contributed by atoms with E-state index in [4.69, 9.17) is 4.74 Å². The summed E-state index contributed by atoms with van der Waals surface area (Å²) in [6, 6.07) is 12.6. The lowest BCUT2D eigenvalue weighted by molar-refractivity contribution is -0.121. The third-order valence-corrected chi connectivity index (χ3v) is 3.12. The molecule has 120 valence electrons. The van der Waals surface area contributed by atoms with E-state index in [1.165, 1.54) is 18.3 Å². The van der Waals surface area contributed by atoms with Gasteiger partial charge in [-0.3, -0.25) is 4.79 Å². The maximum absolute atomic E-state index is 12.8. The number of benzene rings is 2. The number of hydrazone groups is 1. The van der Waals surface area contributed by atoms with Crippen LogP contribution >= 0.6 is 0 Å². The third-order valence-electron chi connectivity index (χ3n) is 3.12. The van der Waals surface area contributed by atoms with Gasteiger partial charge < -0.3 is 10.1 Å². The van der Waals surface area contributed by atoms with Gasteiger partial charge in [0.05, 0.1) is 13.3 Å². The predicted octanol–water partition coefficient (Wildman–Crippen LogP) is 2.79. The first-order chi connectivity index (χ1) is 11.1. The molecule has 0 aliphatic heterocycles. The van der Waals surface area contributed by atoms with Crippen molar-refractivity contribution in [3.05, 3.63) is 59.9 Å². The average Bonchev–Trinajstić information content (AvgIpc) is 2.57. The van der Waals surface area contributed by atoms with E-state index in [2.05, 4.69) is 15.8 Å². The van der Waals surface area contributed by atoms with Crippen LogP contribution in [0.1, 0.15) is 12.5 Å². The SMILES string of the molecule is COc1ccc(NC(C)C(=O)N/N=C/c2ccc(F)cc2)cc1. The van der Waals surface area contributed by atoms with Gasteiger partial charge in [-0.1, -0.05) is 12.1 Å². The van der Waals surface area contributed by atoms with Crippen molar-refractivity contribution in [2.24, 2.45) is 5.10 Å². The van der Waals surface area contributed by atoms with Crippen LogP contribution < -0.4 is 15.5 Å². The highest BCUT2D eigenvalue weighted by molar-refractivity contribution is 5.86. The number of methoxy groups -OCH3 is 1. The van der Waals surface area contributed by atoms with Gasteiger partial charge in [0.15, 0.2) is 0 Å². The molecule has 23 heavy (non-hydrogen) atoms. The van der Waals surface area contributed by atoms with Crippen molar-refractivity contribution >= 4 is 17.8 Å². The molecule has 1 amide bonds. The second-order valence-electron chi connectivity index (χ2n) is 4.88. The summed E-state index contributed by atoms with van der Waals surface area (Å²) in [6.45, 7) is 1.73. The molecule has 2 rings (SSSR count). The maximum Gasteiger partial charge on any atom is 0.262 e. The molecule has 1 atom stereocenters. The molecule has 0 aromatic heterocycles. The minimum absolute atomic E-state index is 0.279. The number of ether oxygens (including phenoxy) is 1. The van der Waals surface area contributed by atoms with Crippen LogP contribution in [0.25, 0.3) is 0 Å². The molecule has 0 radical (unpaired) electrons. The van der Waals surface area contributed by atoms with E-state index in [9.17, 15) is 9.18 Å². The summed E-state index contributed by atoms with van der Waals surface area (Å²) in [4.78, 5) is 11.9. The number of anilines is 1. The van der Waals surface area contributed by atoms with Crippen LogP contribution in [-0.2, 0) is 4.79 Å². The zero-order valence-corrected chi connectivity index (χ0v) is 12.9.